The minimum Gasteiger partial charge on any atom is -0.454 e. The number of ether oxygens (including phenoxy) is 2. The molecule has 0 amide bonds. The fourth-order valence-electron chi connectivity index (χ4n) is 3.10. The predicted octanol–water partition coefficient (Wildman–Crippen LogP) is 1.41. The number of benzene rings is 1. The lowest BCUT2D eigenvalue weighted by Crippen LogP contribution is -2.29. The van der Waals surface area contributed by atoms with Crippen molar-refractivity contribution in [2.24, 2.45) is 0 Å². The molecule has 4 rings (SSSR count). The molecule has 2 aromatic rings. The molecule has 0 N–H and O–H groups in total. The van der Waals surface area contributed by atoms with Crippen LogP contribution in [0.25, 0.3) is 0 Å². The lowest BCUT2D eigenvalue weighted by molar-refractivity contribution is 0.174. The highest BCUT2D eigenvalue weighted by Gasteiger charge is 2.27. The fraction of sp³-hybridized carbons (Fsp3) is 0.353. The van der Waals surface area contributed by atoms with E-state index in [4.69, 9.17) is 9.47 Å². The average molecular weight is 362 g/mol. The highest BCUT2D eigenvalue weighted by molar-refractivity contribution is 7.89. The number of rotatable bonds is 4. The second-order valence-electron chi connectivity index (χ2n) is 6.13. The van der Waals surface area contributed by atoms with Gasteiger partial charge in [0.2, 0.25) is 16.8 Å². The van der Waals surface area contributed by atoms with E-state index in [1.165, 1.54) is 27.2 Å². The van der Waals surface area contributed by atoms with Crippen LogP contribution in [0, 0.1) is 0 Å². The number of pyridine rings is 1. The molecule has 0 unspecified atom stereocenters. The van der Waals surface area contributed by atoms with Gasteiger partial charge in [0, 0.05) is 25.4 Å². The average Bonchev–Trinajstić information content (AvgIpc) is 3.28. The molecule has 3 heterocycles. The van der Waals surface area contributed by atoms with Crippen LogP contribution in [0.3, 0.4) is 0 Å². The zero-order valence-electron chi connectivity index (χ0n) is 13.6. The van der Waals surface area contributed by atoms with Gasteiger partial charge in [-0.2, -0.15) is 4.31 Å². The molecule has 0 radical (unpaired) electrons. The van der Waals surface area contributed by atoms with Crippen molar-refractivity contribution in [3.05, 3.63) is 52.4 Å². The minimum atomic E-state index is -3.55. The zero-order valence-corrected chi connectivity index (χ0v) is 14.4. The SMILES string of the molecule is O=c1ccc(S(=O)(=O)N2CCCC2)cn1Cc1ccc2c(c1)OCO2. The molecule has 0 spiro atoms. The highest BCUT2D eigenvalue weighted by atomic mass is 32.2. The first-order valence-electron chi connectivity index (χ1n) is 8.13. The summed E-state index contributed by atoms with van der Waals surface area (Å²) in [4.78, 5) is 12.3. The van der Waals surface area contributed by atoms with Crippen LogP contribution in [0.5, 0.6) is 11.5 Å². The Hall–Kier alpha value is -2.32. The third-order valence-electron chi connectivity index (χ3n) is 4.45. The molecule has 25 heavy (non-hydrogen) atoms. The predicted molar refractivity (Wildman–Crippen MR) is 90.4 cm³/mol. The van der Waals surface area contributed by atoms with Gasteiger partial charge in [-0.05, 0) is 36.6 Å². The molecular weight excluding hydrogens is 344 g/mol. The second kappa shape index (κ2) is 6.20. The molecule has 0 atom stereocenters. The molecule has 2 aliphatic heterocycles. The normalized spacial score (nSPS) is 17.1. The van der Waals surface area contributed by atoms with Crippen LogP contribution in [0.4, 0.5) is 0 Å². The summed E-state index contributed by atoms with van der Waals surface area (Å²) in [6.07, 6.45) is 3.16. The topological polar surface area (TPSA) is 77.8 Å². The van der Waals surface area contributed by atoms with Crippen molar-refractivity contribution >= 4 is 10.0 Å². The summed E-state index contributed by atoms with van der Waals surface area (Å²) in [7, 11) is -3.55. The number of aromatic nitrogens is 1. The van der Waals surface area contributed by atoms with Crippen molar-refractivity contribution in [3.63, 3.8) is 0 Å². The van der Waals surface area contributed by atoms with Gasteiger partial charge < -0.3 is 14.0 Å². The lowest BCUT2D eigenvalue weighted by Gasteiger charge is -2.16. The van der Waals surface area contributed by atoms with E-state index in [-0.39, 0.29) is 23.8 Å². The molecule has 0 aliphatic carbocycles. The largest absolute Gasteiger partial charge is 0.454 e. The van der Waals surface area contributed by atoms with Crippen molar-refractivity contribution in [1.82, 2.24) is 8.87 Å². The van der Waals surface area contributed by atoms with Crippen LogP contribution >= 0.6 is 0 Å². The van der Waals surface area contributed by atoms with E-state index >= 15 is 0 Å². The molecule has 1 saturated heterocycles. The second-order valence-corrected chi connectivity index (χ2v) is 8.07. The van der Waals surface area contributed by atoms with E-state index in [2.05, 4.69) is 0 Å². The third kappa shape index (κ3) is 3.03. The maximum Gasteiger partial charge on any atom is 0.250 e. The Bertz CT molecular complexity index is 961. The molecule has 0 saturated carbocycles. The Morgan fingerprint density at radius 3 is 2.56 bits per heavy atom. The number of hydrogen-bond acceptors (Lipinski definition) is 5. The Morgan fingerprint density at radius 1 is 1.00 bits per heavy atom. The summed E-state index contributed by atoms with van der Waals surface area (Å²) in [5.41, 5.74) is 0.583. The molecule has 2 aliphatic rings. The molecule has 8 heteroatoms. The molecule has 7 nitrogen and oxygen atoms in total. The third-order valence-corrected chi connectivity index (χ3v) is 6.33. The molecule has 0 bridgehead atoms. The van der Waals surface area contributed by atoms with Crippen LogP contribution in [0.15, 0.2) is 46.2 Å². The van der Waals surface area contributed by atoms with Gasteiger partial charge in [-0.25, -0.2) is 8.42 Å². The summed E-state index contributed by atoms with van der Waals surface area (Å²) in [6, 6.07) is 8.10. The van der Waals surface area contributed by atoms with Crippen LogP contribution in [0.1, 0.15) is 18.4 Å². The molecule has 1 fully saturated rings. The summed E-state index contributed by atoms with van der Waals surface area (Å²) in [5, 5.41) is 0. The quantitative estimate of drug-likeness (QED) is 0.822. The van der Waals surface area contributed by atoms with Gasteiger partial charge in [0.05, 0.1) is 11.4 Å². The Balaban J connectivity index is 1.65. The van der Waals surface area contributed by atoms with E-state index < -0.39 is 10.0 Å². The van der Waals surface area contributed by atoms with Crippen molar-refractivity contribution in [1.29, 1.82) is 0 Å². The molecule has 132 valence electrons. The Morgan fingerprint density at radius 2 is 1.76 bits per heavy atom. The number of sulfonamides is 1. The van der Waals surface area contributed by atoms with E-state index in [1.807, 2.05) is 6.07 Å². The Kier molecular flexibility index (Phi) is 4.01. The van der Waals surface area contributed by atoms with Crippen molar-refractivity contribution in [2.45, 2.75) is 24.3 Å². The van der Waals surface area contributed by atoms with E-state index in [0.717, 1.165) is 18.4 Å². The summed E-state index contributed by atoms with van der Waals surface area (Å²) in [5.74, 6) is 1.30. The lowest BCUT2D eigenvalue weighted by atomic mass is 10.2. The van der Waals surface area contributed by atoms with Gasteiger partial charge in [-0.3, -0.25) is 4.79 Å². The van der Waals surface area contributed by atoms with E-state index in [9.17, 15) is 13.2 Å². The van der Waals surface area contributed by atoms with Crippen molar-refractivity contribution in [2.75, 3.05) is 19.9 Å². The van der Waals surface area contributed by atoms with Crippen molar-refractivity contribution in [3.8, 4) is 11.5 Å². The van der Waals surface area contributed by atoms with Crippen LogP contribution in [-0.4, -0.2) is 37.2 Å². The van der Waals surface area contributed by atoms with Gasteiger partial charge in [0.1, 0.15) is 0 Å². The molecular formula is C17H18N2O5S. The Labute approximate surface area is 145 Å². The van der Waals surface area contributed by atoms with Crippen molar-refractivity contribution < 1.29 is 17.9 Å². The van der Waals surface area contributed by atoms with Gasteiger partial charge in [0.15, 0.2) is 11.5 Å². The number of fused-ring (bicyclic) bond motifs is 1. The number of nitrogens with zero attached hydrogens (tertiary/aromatic N) is 2. The van der Waals surface area contributed by atoms with Crippen LogP contribution in [0.2, 0.25) is 0 Å². The monoisotopic (exact) mass is 362 g/mol. The first-order valence-corrected chi connectivity index (χ1v) is 9.57. The first-order chi connectivity index (χ1) is 12.0. The maximum atomic E-state index is 12.7. The van der Waals surface area contributed by atoms with Gasteiger partial charge >= 0.3 is 0 Å². The maximum absolute atomic E-state index is 12.7. The van der Waals surface area contributed by atoms with Crippen LogP contribution < -0.4 is 15.0 Å². The summed E-state index contributed by atoms with van der Waals surface area (Å²) in [6.45, 7) is 1.51. The fourth-order valence-corrected chi connectivity index (χ4v) is 4.64. The van der Waals surface area contributed by atoms with Crippen LogP contribution in [-0.2, 0) is 16.6 Å². The first kappa shape index (κ1) is 16.2. The van der Waals surface area contributed by atoms with E-state index in [0.29, 0.717) is 24.6 Å². The van der Waals surface area contributed by atoms with Gasteiger partial charge in [-0.15, -0.1) is 0 Å². The van der Waals surface area contributed by atoms with Gasteiger partial charge in [0.25, 0.3) is 5.56 Å². The van der Waals surface area contributed by atoms with Gasteiger partial charge in [-0.1, -0.05) is 6.07 Å². The zero-order chi connectivity index (χ0) is 17.4. The van der Waals surface area contributed by atoms with E-state index in [1.54, 1.807) is 12.1 Å². The summed E-state index contributed by atoms with van der Waals surface area (Å²) < 4.78 is 38.8. The molecule has 1 aromatic heterocycles. The smallest absolute Gasteiger partial charge is 0.250 e. The molecule has 1 aromatic carbocycles. The summed E-state index contributed by atoms with van der Waals surface area (Å²) >= 11 is 0. The standard InChI is InChI=1S/C17H18N2O5S/c20-17-6-4-14(25(21,22)19-7-1-2-8-19)11-18(17)10-13-3-5-15-16(9-13)24-12-23-15/h3-6,9,11H,1-2,7-8,10,12H2. The highest BCUT2D eigenvalue weighted by Crippen LogP contribution is 2.32. The minimum absolute atomic E-state index is 0.148. The number of hydrogen-bond donors (Lipinski definition) is 0.